The van der Waals surface area contributed by atoms with Crippen molar-refractivity contribution in [1.82, 2.24) is 25.5 Å². The first-order valence-corrected chi connectivity index (χ1v) is 9.13. The highest BCUT2D eigenvalue weighted by Gasteiger charge is 2.17. The van der Waals surface area contributed by atoms with Crippen LogP contribution >= 0.6 is 11.3 Å². The molecule has 1 amide bonds. The molecule has 2 heterocycles. The topological polar surface area (TPSA) is 83.6 Å². The van der Waals surface area contributed by atoms with Crippen molar-refractivity contribution in [3.8, 4) is 10.8 Å². The summed E-state index contributed by atoms with van der Waals surface area (Å²) in [5.74, 6) is 1.35. The SMILES string of the molecule is CC(C)C(CNC(=O)Cc1csc(-c2ncn[nH]2)n1)c1ccccc1. The fraction of sp³-hybridized carbons (Fsp3) is 0.333. The minimum Gasteiger partial charge on any atom is -0.355 e. The lowest BCUT2D eigenvalue weighted by atomic mass is 9.88. The van der Waals surface area contributed by atoms with E-state index in [2.05, 4.69) is 51.5 Å². The number of nitrogens with zero attached hydrogens (tertiary/aromatic N) is 3. The maximum absolute atomic E-state index is 12.3. The summed E-state index contributed by atoms with van der Waals surface area (Å²) < 4.78 is 0. The molecule has 0 spiro atoms. The summed E-state index contributed by atoms with van der Waals surface area (Å²) in [5.41, 5.74) is 1.99. The van der Waals surface area contributed by atoms with Crippen LogP contribution in [0.2, 0.25) is 0 Å². The van der Waals surface area contributed by atoms with Gasteiger partial charge in [0.25, 0.3) is 0 Å². The summed E-state index contributed by atoms with van der Waals surface area (Å²) in [4.78, 5) is 20.8. The Morgan fingerprint density at radius 3 is 2.76 bits per heavy atom. The molecule has 130 valence electrons. The van der Waals surface area contributed by atoms with E-state index in [1.807, 2.05) is 23.6 Å². The number of hydrogen-bond acceptors (Lipinski definition) is 5. The van der Waals surface area contributed by atoms with Crippen LogP contribution in [0.1, 0.15) is 31.0 Å². The van der Waals surface area contributed by atoms with E-state index in [-0.39, 0.29) is 12.3 Å². The van der Waals surface area contributed by atoms with Crippen molar-refractivity contribution < 1.29 is 4.79 Å². The molecule has 0 saturated heterocycles. The number of carbonyl (C=O) groups is 1. The van der Waals surface area contributed by atoms with Gasteiger partial charge >= 0.3 is 0 Å². The highest BCUT2D eigenvalue weighted by atomic mass is 32.1. The zero-order valence-electron chi connectivity index (χ0n) is 14.3. The molecule has 0 radical (unpaired) electrons. The number of amides is 1. The third kappa shape index (κ3) is 4.51. The Balaban J connectivity index is 1.57. The molecule has 1 unspecified atom stereocenters. The summed E-state index contributed by atoms with van der Waals surface area (Å²) in [6.45, 7) is 4.97. The van der Waals surface area contributed by atoms with Crippen LogP contribution in [-0.2, 0) is 11.2 Å². The molecule has 0 aliphatic heterocycles. The Hall–Kier alpha value is -2.54. The predicted molar refractivity (Wildman–Crippen MR) is 98.2 cm³/mol. The smallest absolute Gasteiger partial charge is 0.226 e. The summed E-state index contributed by atoms with van der Waals surface area (Å²) in [6, 6.07) is 10.3. The zero-order valence-corrected chi connectivity index (χ0v) is 15.1. The summed E-state index contributed by atoms with van der Waals surface area (Å²) >= 11 is 1.45. The molecular formula is C18H21N5OS. The van der Waals surface area contributed by atoms with Crippen LogP contribution < -0.4 is 5.32 Å². The van der Waals surface area contributed by atoms with Gasteiger partial charge in [0.1, 0.15) is 6.33 Å². The van der Waals surface area contributed by atoms with Gasteiger partial charge in [-0.25, -0.2) is 9.97 Å². The molecule has 7 heteroatoms. The van der Waals surface area contributed by atoms with Gasteiger partial charge in [-0.1, -0.05) is 44.2 Å². The van der Waals surface area contributed by atoms with E-state index < -0.39 is 0 Å². The Morgan fingerprint density at radius 2 is 2.08 bits per heavy atom. The standard InChI is InChI=1S/C18H21N5OS/c1-12(2)15(13-6-4-3-5-7-13)9-19-16(24)8-14-10-25-18(22-14)17-20-11-21-23-17/h3-7,10-12,15H,8-9H2,1-2H3,(H,19,24)(H,20,21,23). The Kier molecular flexibility index (Phi) is 5.55. The number of nitrogens with one attached hydrogen (secondary N) is 2. The fourth-order valence-corrected chi connectivity index (χ4v) is 3.46. The van der Waals surface area contributed by atoms with E-state index >= 15 is 0 Å². The van der Waals surface area contributed by atoms with Crippen molar-refractivity contribution in [2.75, 3.05) is 6.54 Å². The van der Waals surface area contributed by atoms with Crippen molar-refractivity contribution in [2.24, 2.45) is 5.92 Å². The van der Waals surface area contributed by atoms with Crippen molar-refractivity contribution in [1.29, 1.82) is 0 Å². The number of aromatic nitrogens is 4. The number of benzene rings is 1. The average molecular weight is 355 g/mol. The average Bonchev–Trinajstić information content (AvgIpc) is 3.27. The van der Waals surface area contributed by atoms with Crippen molar-refractivity contribution in [3.63, 3.8) is 0 Å². The Labute approximate surface area is 150 Å². The molecule has 3 rings (SSSR count). The molecule has 0 bridgehead atoms. The first-order chi connectivity index (χ1) is 12.1. The second-order valence-corrected chi connectivity index (χ2v) is 7.08. The molecule has 0 aliphatic rings. The molecule has 0 fully saturated rings. The molecular weight excluding hydrogens is 334 g/mol. The van der Waals surface area contributed by atoms with Gasteiger partial charge in [-0.05, 0) is 11.5 Å². The van der Waals surface area contributed by atoms with E-state index in [1.165, 1.54) is 23.2 Å². The monoisotopic (exact) mass is 355 g/mol. The fourth-order valence-electron chi connectivity index (χ4n) is 2.69. The van der Waals surface area contributed by atoms with Gasteiger partial charge in [-0.15, -0.1) is 11.3 Å². The number of thiazole rings is 1. The van der Waals surface area contributed by atoms with Gasteiger partial charge < -0.3 is 5.32 Å². The van der Waals surface area contributed by atoms with E-state index in [0.29, 0.717) is 24.2 Å². The highest BCUT2D eigenvalue weighted by molar-refractivity contribution is 7.13. The molecule has 25 heavy (non-hydrogen) atoms. The summed E-state index contributed by atoms with van der Waals surface area (Å²) in [5, 5.41) is 12.3. The van der Waals surface area contributed by atoms with E-state index in [4.69, 9.17) is 0 Å². The maximum Gasteiger partial charge on any atom is 0.226 e. The minimum absolute atomic E-state index is 0.0176. The number of carbonyl (C=O) groups excluding carboxylic acids is 1. The Bertz CT molecular complexity index is 798. The molecule has 6 nitrogen and oxygen atoms in total. The molecule has 0 saturated carbocycles. The summed E-state index contributed by atoms with van der Waals surface area (Å²) in [6.07, 6.45) is 1.71. The molecule has 0 aliphatic carbocycles. The van der Waals surface area contributed by atoms with Crippen molar-refractivity contribution in [2.45, 2.75) is 26.2 Å². The van der Waals surface area contributed by atoms with Crippen molar-refractivity contribution >= 4 is 17.2 Å². The molecule has 2 N–H and O–H groups in total. The maximum atomic E-state index is 12.3. The van der Waals surface area contributed by atoms with Gasteiger partial charge in [0.15, 0.2) is 10.8 Å². The normalized spacial score (nSPS) is 12.3. The summed E-state index contributed by atoms with van der Waals surface area (Å²) in [7, 11) is 0. The van der Waals surface area contributed by atoms with Crippen LogP contribution in [0.3, 0.4) is 0 Å². The second kappa shape index (κ2) is 8.02. The second-order valence-electron chi connectivity index (χ2n) is 6.22. The lowest BCUT2D eigenvalue weighted by Crippen LogP contribution is -2.31. The number of hydrogen-bond donors (Lipinski definition) is 2. The molecule has 1 aromatic carbocycles. The van der Waals surface area contributed by atoms with Gasteiger partial charge in [0, 0.05) is 17.8 Å². The number of rotatable bonds is 7. The van der Waals surface area contributed by atoms with Crippen LogP contribution in [0.25, 0.3) is 10.8 Å². The van der Waals surface area contributed by atoms with Crippen LogP contribution in [0.15, 0.2) is 42.0 Å². The third-order valence-electron chi connectivity index (χ3n) is 4.06. The quantitative estimate of drug-likeness (QED) is 0.682. The predicted octanol–water partition coefficient (Wildman–Crippen LogP) is 3.03. The number of aromatic amines is 1. The van der Waals surface area contributed by atoms with Crippen molar-refractivity contribution in [3.05, 3.63) is 53.3 Å². The number of H-pyrrole nitrogens is 1. The van der Waals surface area contributed by atoms with Gasteiger partial charge in [0.2, 0.25) is 5.91 Å². The first-order valence-electron chi connectivity index (χ1n) is 8.25. The van der Waals surface area contributed by atoms with Gasteiger partial charge in [-0.3, -0.25) is 9.89 Å². The van der Waals surface area contributed by atoms with Crippen LogP contribution in [0, 0.1) is 5.92 Å². The minimum atomic E-state index is -0.0176. The third-order valence-corrected chi connectivity index (χ3v) is 4.96. The highest BCUT2D eigenvalue weighted by Crippen LogP contribution is 2.23. The van der Waals surface area contributed by atoms with Crippen LogP contribution in [0.4, 0.5) is 0 Å². The van der Waals surface area contributed by atoms with Gasteiger partial charge in [0.05, 0.1) is 12.1 Å². The largest absolute Gasteiger partial charge is 0.355 e. The van der Waals surface area contributed by atoms with E-state index in [0.717, 1.165) is 10.7 Å². The van der Waals surface area contributed by atoms with E-state index in [9.17, 15) is 4.79 Å². The molecule has 2 aromatic heterocycles. The molecule has 1 atom stereocenters. The zero-order chi connectivity index (χ0) is 17.6. The van der Waals surface area contributed by atoms with Crippen LogP contribution in [0.5, 0.6) is 0 Å². The van der Waals surface area contributed by atoms with Crippen LogP contribution in [-0.4, -0.2) is 32.6 Å². The lowest BCUT2D eigenvalue weighted by molar-refractivity contribution is -0.120. The first kappa shape index (κ1) is 17.3. The Morgan fingerprint density at radius 1 is 1.28 bits per heavy atom. The van der Waals surface area contributed by atoms with Gasteiger partial charge in [-0.2, -0.15) is 5.10 Å². The lowest BCUT2D eigenvalue weighted by Gasteiger charge is -2.21. The molecule has 3 aromatic rings. The van der Waals surface area contributed by atoms with E-state index in [1.54, 1.807) is 0 Å².